The van der Waals surface area contributed by atoms with Gasteiger partial charge in [-0.1, -0.05) is 46.4 Å². The van der Waals surface area contributed by atoms with Crippen molar-refractivity contribution >= 4 is 81.4 Å². The van der Waals surface area contributed by atoms with E-state index in [1.807, 2.05) is 0 Å². The Bertz CT molecular complexity index is 780. The number of ether oxygens (including phenoxy) is 2. The van der Waals surface area contributed by atoms with Crippen LogP contribution >= 0.6 is 46.4 Å². The van der Waals surface area contributed by atoms with E-state index < -0.39 is 24.1 Å². The number of halogens is 4. The molecule has 0 aliphatic carbocycles. The van der Waals surface area contributed by atoms with Crippen LogP contribution in [0.3, 0.4) is 0 Å². The van der Waals surface area contributed by atoms with E-state index in [4.69, 9.17) is 55.9 Å². The van der Waals surface area contributed by atoms with E-state index >= 15 is 0 Å². The average Bonchev–Trinajstić information content (AvgIpc) is 2.60. The van der Waals surface area contributed by atoms with Gasteiger partial charge in [-0.3, -0.25) is 0 Å². The molecule has 0 N–H and O–H groups in total. The first-order chi connectivity index (χ1) is 13.0. The number of hydrogen-bond donors (Lipinski definition) is 0. The second-order valence-corrected chi connectivity index (χ2v) is 6.99. The molecule has 2 rings (SSSR count). The van der Waals surface area contributed by atoms with Gasteiger partial charge in [0.05, 0.1) is 22.0 Å². The average molecular weight is 492 g/mol. The Morgan fingerprint density at radius 2 is 1.07 bits per heavy atom. The molecular weight excluding hydrogens is 478 g/mol. The van der Waals surface area contributed by atoms with Crippen LogP contribution in [0, 0.1) is 0 Å². The van der Waals surface area contributed by atoms with E-state index in [2.05, 4.69) is 0 Å². The van der Waals surface area contributed by atoms with Crippen molar-refractivity contribution in [2.45, 2.75) is 26.1 Å². The molecule has 6 nitrogen and oxygen atoms in total. The van der Waals surface area contributed by atoms with Crippen LogP contribution in [-0.2, 0) is 9.59 Å². The Kier molecular flexibility index (Phi) is 12.8. The van der Waals surface area contributed by atoms with Crippen molar-refractivity contribution in [3.05, 3.63) is 56.5 Å². The number of hydrogen-bond acceptors (Lipinski definition) is 6. The zero-order valence-corrected chi connectivity index (χ0v) is 19.7. The maximum Gasteiger partial charge on any atom is 2.00 e. The monoisotopic (exact) mass is 490 g/mol. The van der Waals surface area contributed by atoms with Gasteiger partial charge in [0, 0.05) is 10.0 Å². The van der Waals surface area contributed by atoms with Crippen LogP contribution in [0.25, 0.3) is 0 Å². The second kappa shape index (κ2) is 13.3. The molecule has 2 aromatic carbocycles. The topological polar surface area (TPSA) is 98.7 Å². The molecule has 0 spiro atoms. The number of benzene rings is 2. The number of aliphatic carboxylic acids is 2. The molecule has 0 saturated heterocycles. The van der Waals surface area contributed by atoms with Crippen molar-refractivity contribution < 1.29 is 29.3 Å². The van der Waals surface area contributed by atoms with Crippen LogP contribution in [0.2, 0.25) is 20.1 Å². The maximum atomic E-state index is 10.4. The quantitative estimate of drug-likeness (QED) is 0.575. The van der Waals surface area contributed by atoms with Gasteiger partial charge in [0.1, 0.15) is 23.7 Å². The predicted octanol–water partition coefficient (Wildman–Crippen LogP) is 2.64. The molecule has 0 aliphatic rings. The summed E-state index contributed by atoms with van der Waals surface area (Å²) in [6.45, 7) is 2.72. The largest absolute Gasteiger partial charge is 2.00 e. The van der Waals surface area contributed by atoms with E-state index in [1.54, 1.807) is 12.1 Å². The molecule has 0 bridgehead atoms. The van der Waals surface area contributed by atoms with Crippen molar-refractivity contribution in [1.29, 1.82) is 0 Å². The summed E-state index contributed by atoms with van der Waals surface area (Å²) >= 11 is 22.8. The Balaban J connectivity index is 0.000000523. The molecule has 0 fully saturated rings. The first kappa shape index (κ1) is 27.9. The van der Waals surface area contributed by atoms with Crippen molar-refractivity contribution in [2.75, 3.05) is 0 Å². The van der Waals surface area contributed by atoms with Crippen molar-refractivity contribution in [3.8, 4) is 11.5 Å². The molecule has 0 amide bonds. The van der Waals surface area contributed by atoms with Crippen LogP contribution in [0.5, 0.6) is 11.5 Å². The fraction of sp³-hybridized carbons (Fsp3) is 0.222. The third-order valence-electron chi connectivity index (χ3n) is 3.06. The van der Waals surface area contributed by atoms with Crippen LogP contribution in [0.4, 0.5) is 0 Å². The minimum Gasteiger partial charge on any atom is -0.546 e. The SMILES string of the molecule is CC(Oc1ccc(Cl)cc1Cl)C(=O)[O-].CC(Oc1ccc(Cl)cc1Cl)C(=O)[O-].[Mg+2]. The molecule has 2 unspecified atom stereocenters. The zero-order chi connectivity index (χ0) is 21.4. The summed E-state index contributed by atoms with van der Waals surface area (Å²) < 4.78 is 10.0. The summed E-state index contributed by atoms with van der Waals surface area (Å²) in [5.41, 5.74) is 0. The Morgan fingerprint density at radius 1 is 0.759 bits per heavy atom. The zero-order valence-electron chi connectivity index (χ0n) is 15.3. The summed E-state index contributed by atoms with van der Waals surface area (Å²) in [7, 11) is 0. The van der Waals surface area contributed by atoms with Gasteiger partial charge in [-0.2, -0.15) is 0 Å². The third-order valence-corrected chi connectivity index (χ3v) is 4.12. The molecule has 0 heterocycles. The first-order valence-electron chi connectivity index (χ1n) is 7.66. The van der Waals surface area contributed by atoms with Gasteiger partial charge in [-0.15, -0.1) is 0 Å². The molecule has 2 atom stereocenters. The first-order valence-corrected chi connectivity index (χ1v) is 9.17. The Hall–Kier alpha value is -1.09. The fourth-order valence-corrected chi connectivity index (χ4v) is 2.52. The fourth-order valence-electron chi connectivity index (χ4n) is 1.62. The molecule has 29 heavy (non-hydrogen) atoms. The number of carboxylic acid groups (broad SMARTS) is 2. The summed E-state index contributed by atoms with van der Waals surface area (Å²) in [6, 6.07) is 9.07. The van der Waals surface area contributed by atoms with E-state index in [0.717, 1.165) is 0 Å². The number of carbonyl (C=O) groups excluding carboxylic acids is 2. The molecular formula is C18H14Cl4MgO6. The minimum absolute atomic E-state index is 0. The summed E-state index contributed by atoms with van der Waals surface area (Å²) in [5.74, 6) is -2.05. The number of carbonyl (C=O) groups is 2. The van der Waals surface area contributed by atoms with Crippen molar-refractivity contribution in [1.82, 2.24) is 0 Å². The molecule has 2 aromatic rings. The third kappa shape index (κ3) is 9.97. The molecule has 152 valence electrons. The van der Waals surface area contributed by atoms with E-state index in [9.17, 15) is 19.8 Å². The van der Waals surface area contributed by atoms with Gasteiger partial charge in [0.2, 0.25) is 0 Å². The normalized spacial score (nSPS) is 11.8. The second-order valence-electron chi connectivity index (χ2n) is 5.31. The van der Waals surface area contributed by atoms with Gasteiger partial charge < -0.3 is 29.3 Å². The van der Waals surface area contributed by atoms with Crippen LogP contribution in [-0.4, -0.2) is 47.2 Å². The van der Waals surface area contributed by atoms with E-state index in [-0.39, 0.29) is 44.6 Å². The van der Waals surface area contributed by atoms with Gasteiger partial charge in [-0.05, 0) is 50.2 Å². The van der Waals surface area contributed by atoms with Crippen LogP contribution in [0.15, 0.2) is 36.4 Å². The maximum absolute atomic E-state index is 10.4. The number of rotatable bonds is 6. The summed E-state index contributed by atoms with van der Waals surface area (Å²) in [5, 5.41) is 22.2. The van der Waals surface area contributed by atoms with Gasteiger partial charge >= 0.3 is 23.1 Å². The molecule has 0 aromatic heterocycles. The Morgan fingerprint density at radius 3 is 1.31 bits per heavy atom. The van der Waals surface area contributed by atoms with Crippen LogP contribution in [0.1, 0.15) is 13.8 Å². The van der Waals surface area contributed by atoms with E-state index in [0.29, 0.717) is 10.0 Å². The van der Waals surface area contributed by atoms with Gasteiger partial charge in [0.25, 0.3) is 0 Å². The van der Waals surface area contributed by atoms with Gasteiger partial charge in [-0.25, -0.2) is 0 Å². The number of carboxylic acids is 2. The predicted molar refractivity (Wildman–Crippen MR) is 109 cm³/mol. The van der Waals surface area contributed by atoms with Gasteiger partial charge in [0.15, 0.2) is 0 Å². The van der Waals surface area contributed by atoms with Crippen molar-refractivity contribution in [2.24, 2.45) is 0 Å². The summed E-state index contributed by atoms with van der Waals surface area (Å²) in [6.07, 6.45) is -2.10. The van der Waals surface area contributed by atoms with Crippen molar-refractivity contribution in [3.63, 3.8) is 0 Å². The standard InChI is InChI=1S/2C9H8Cl2O3.Mg/c2*1-5(9(12)13)14-8-3-2-6(10)4-7(8)11;/h2*2-5H,1H3,(H,12,13);/q;;+2/p-2. The van der Waals surface area contributed by atoms with E-state index in [1.165, 1.54) is 38.1 Å². The molecule has 0 radical (unpaired) electrons. The van der Waals surface area contributed by atoms with Crippen LogP contribution < -0.4 is 19.7 Å². The minimum atomic E-state index is -1.30. The molecule has 11 heteroatoms. The smallest absolute Gasteiger partial charge is 0.546 e. The summed E-state index contributed by atoms with van der Waals surface area (Å²) in [4.78, 5) is 20.8. The molecule has 0 aliphatic heterocycles. The molecule has 0 saturated carbocycles. The Labute approximate surface area is 203 Å².